The van der Waals surface area contributed by atoms with Crippen LogP contribution in [0.4, 0.5) is 0 Å². The average molecular weight is 255 g/mol. The van der Waals surface area contributed by atoms with E-state index in [9.17, 15) is 0 Å². The Morgan fingerprint density at radius 1 is 1.06 bits per heavy atom. The van der Waals surface area contributed by atoms with Gasteiger partial charge in [-0.1, -0.05) is 18.2 Å². The number of pyridine rings is 1. The highest BCUT2D eigenvalue weighted by molar-refractivity contribution is 7.18. The zero-order valence-electron chi connectivity index (χ0n) is 9.84. The van der Waals surface area contributed by atoms with Crippen molar-refractivity contribution in [2.24, 2.45) is 0 Å². The van der Waals surface area contributed by atoms with E-state index in [1.54, 1.807) is 17.5 Å². The van der Waals surface area contributed by atoms with Crippen molar-refractivity contribution >= 4 is 21.6 Å². The molecule has 0 saturated carbocycles. The number of hydrogen-bond donors (Lipinski definition) is 1. The molecule has 0 aliphatic rings. The summed E-state index contributed by atoms with van der Waals surface area (Å²) in [7, 11) is 0. The molecule has 4 heteroatoms. The van der Waals surface area contributed by atoms with Crippen molar-refractivity contribution in [2.75, 3.05) is 0 Å². The van der Waals surface area contributed by atoms with E-state index in [0.717, 1.165) is 23.6 Å². The predicted molar refractivity (Wildman–Crippen MR) is 74.4 cm³/mol. The third kappa shape index (κ3) is 2.55. The Kier molecular flexibility index (Phi) is 3.30. The van der Waals surface area contributed by atoms with Gasteiger partial charge in [-0.2, -0.15) is 0 Å². The lowest BCUT2D eigenvalue weighted by atomic mass is 10.3. The molecule has 0 saturated heterocycles. The summed E-state index contributed by atoms with van der Waals surface area (Å²) in [5, 5.41) is 4.51. The van der Waals surface area contributed by atoms with E-state index in [4.69, 9.17) is 0 Å². The smallest absolute Gasteiger partial charge is 0.108 e. The molecule has 0 atom stereocenters. The van der Waals surface area contributed by atoms with E-state index < -0.39 is 0 Å². The molecule has 0 aliphatic heterocycles. The average Bonchev–Trinajstić information content (AvgIpc) is 2.82. The fourth-order valence-electron chi connectivity index (χ4n) is 1.81. The van der Waals surface area contributed by atoms with Crippen LogP contribution in [-0.4, -0.2) is 9.97 Å². The Bertz CT molecular complexity index is 601. The maximum atomic E-state index is 4.58. The summed E-state index contributed by atoms with van der Waals surface area (Å²) in [6.07, 6.45) is 3.67. The minimum Gasteiger partial charge on any atom is -0.306 e. The van der Waals surface area contributed by atoms with Crippen molar-refractivity contribution in [2.45, 2.75) is 13.1 Å². The van der Waals surface area contributed by atoms with Gasteiger partial charge in [-0.15, -0.1) is 11.3 Å². The summed E-state index contributed by atoms with van der Waals surface area (Å²) in [6, 6.07) is 12.3. The Morgan fingerprint density at radius 2 is 2.00 bits per heavy atom. The molecular formula is C14H13N3S. The van der Waals surface area contributed by atoms with Crippen LogP contribution in [0.3, 0.4) is 0 Å². The third-order valence-electron chi connectivity index (χ3n) is 2.67. The highest BCUT2D eigenvalue weighted by atomic mass is 32.1. The van der Waals surface area contributed by atoms with Crippen molar-refractivity contribution in [1.29, 1.82) is 0 Å². The van der Waals surface area contributed by atoms with Gasteiger partial charge in [-0.05, 0) is 23.8 Å². The minimum atomic E-state index is 0.800. The standard InChI is InChI=1S/C14H13N3S/c1-2-6-13-12(5-1)17-14(18-13)10-16-9-11-4-3-7-15-8-11/h1-8,16H,9-10H2. The van der Waals surface area contributed by atoms with Crippen molar-refractivity contribution in [3.8, 4) is 0 Å². The monoisotopic (exact) mass is 255 g/mol. The lowest BCUT2D eigenvalue weighted by molar-refractivity contribution is 0.689. The second-order valence-electron chi connectivity index (χ2n) is 4.04. The van der Waals surface area contributed by atoms with Gasteiger partial charge in [0.2, 0.25) is 0 Å². The van der Waals surface area contributed by atoms with Gasteiger partial charge < -0.3 is 5.32 Å². The summed E-state index contributed by atoms with van der Waals surface area (Å²) in [6.45, 7) is 1.62. The van der Waals surface area contributed by atoms with Crippen molar-refractivity contribution in [3.63, 3.8) is 0 Å². The van der Waals surface area contributed by atoms with E-state index in [0.29, 0.717) is 0 Å². The van der Waals surface area contributed by atoms with Gasteiger partial charge in [0.15, 0.2) is 0 Å². The molecule has 2 heterocycles. The number of nitrogens with zero attached hydrogens (tertiary/aromatic N) is 2. The molecule has 90 valence electrons. The topological polar surface area (TPSA) is 37.8 Å². The first-order valence-corrected chi connectivity index (χ1v) is 6.67. The highest BCUT2D eigenvalue weighted by Gasteiger charge is 2.02. The highest BCUT2D eigenvalue weighted by Crippen LogP contribution is 2.21. The molecule has 18 heavy (non-hydrogen) atoms. The second-order valence-corrected chi connectivity index (χ2v) is 5.16. The van der Waals surface area contributed by atoms with Gasteiger partial charge in [0.1, 0.15) is 5.01 Å². The lowest BCUT2D eigenvalue weighted by Gasteiger charge is -2.01. The van der Waals surface area contributed by atoms with Gasteiger partial charge in [0.25, 0.3) is 0 Å². The fraction of sp³-hybridized carbons (Fsp3) is 0.143. The number of thiazole rings is 1. The number of para-hydroxylation sites is 1. The molecule has 0 radical (unpaired) electrons. The molecule has 3 aromatic rings. The molecule has 0 fully saturated rings. The van der Waals surface area contributed by atoms with Gasteiger partial charge >= 0.3 is 0 Å². The number of benzene rings is 1. The molecule has 3 nitrogen and oxygen atoms in total. The summed E-state index contributed by atoms with van der Waals surface area (Å²) >= 11 is 1.74. The van der Waals surface area contributed by atoms with Crippen LogP contribution < -0.4 is 5.32 Å². The summed E-state index contributed by atoms with van der Waals surface area (Å²) in [5.41, 5.74) is 2.28. The fourth-order valence-corrected chi connectivity index (χ4v) is 2.75. The number of fused-ring (bicyclic) bond motifs is 1. The number of rotatable bonds is 4. The maximum absolute atomic E-state index is 4.58. The Hall–Kier alpha value is -1.78. The predicted octanol–water partition coefficient (Wildman–Crippen LogP) is 2.98. The lowest BCUT2D eigenvalue weighted by Crippen LogP contribution is -2.12. The van der Waals surface area contributed by atoms with E-state index in [2.05, 4.69) is 33.5 Å². The number of hydrogen-bond acceptors (Lipinski definition) is 4. The SMILES string of the molecule is c1cncc(CNCc2nc3ccccc3s2)c1. The molecule has 0 aliphatic carbocycles. The van der Waals surface area contributed by atoms with Crippen LogP contribution in [0.15, 0.2) is 48.8 Å². The van der Waals surface area contributed by atoms with Crippen LogP contribution in [0.5, 0.6) is 0 Å². The van der Waals surface area contributed by atoms with Crippen LogP contribution in [0.1, 0.15) is 10.6 Å². The van der Waals surface area contributed by atoms with E-state index in [1.165, 1.54) is 10.3 Å². The third-order valence-corrected chi connectivity index (χ3v) is 3.70. The first kappa shape index (κ1) is 11.3. The van der Waals surface area contributed by atoms with E-state index >= 15 is 0 Å². The number of aromatic nitrogens is 2. The van der Waals surface area contributed by atoms with E-state index in [-0.39, 0.29) is 0 Å². The van der Waals surface area contributed by atoms with Crippen molar-refractivity contribution in [1.82, 2.24) is 15.3 Å². The van der Waals surface area contributed by atoms with Crippen molar-refractivity contribution in [3.05, 3.63) is 59.4 Å². The largest absolute Gasteiger partial charge is 0.306 e. The normalized spacial score (nSPS) is 10.9. The molecule has 0 bridgehead atoms. The maximum Gasteiger partial charge on any atom is 0.108 e. The molecule has 1 N–H and O–H groups in total. The quantitative estimate of drug-likeness (QED) is 0.779. The van der Waals surface area contributed by atoms with E-state index in [1.807, 2.05) is 24.4 Å². The van der Waals surface area contributed by atoms with Gasteiger partial charge in [0, 0.05) is 25.5 Å². The summed E-state index contributed by atoms with van der Waals surface area (Å²) in [5.74, 6) is 0. The zero-order valence-corrected chi connectivity index (χ0v) is 10.7. The Morgan fingerprint density at radius 3 is 2.83 bits per heavy atom. The first-order chi connectivity index (χ1) is 8.92. The zero-order chi connectivity index (χ0) is 12.2. The van der Waals surface area contributed by atoms with Crippen LogP contribution >= 0.6 is 11.3 Å². The van der Waals surface area contributed by atoms with Gasteiger partial charge in [-0.3, -0.25) is 4.98 Å². The summed E-state index contributed by atoms with van der Waals surface area (Å²) < 4.78 is 1.25. The Balaban J connectivity index is 1.63. The van der Waals surface area contributed by atoms with Gasteiger partial charge in [0.05, 0.1) is 10.2 Å². The van der Waals surface area contributed by atoms with Crippen LogP contribution in [-0.2, 0) is 13.1 Å². The molecule has 0 spiro atoms. The Labute approximate surface area is 110 Å². The molecule has 3 rings (SSSR count). The van der Waals surface area contributed by atoms with Crippen molar-refractivity contribution < 1.29 is 0 Å². The molecule has 1 aromatic carbocycles. The van der Waals surface area contributed by atoms with Crippen LogP contribution in [0.25, 0.3) is 10.2 Å². The van der Waals surface area contributed by atoms with Gasteiger partial charge in [-0.25, -0.2) is 4.98 Å². The first-order valence-electron chi connectivity index (χ1n) is 5.86. The van der Waals surface area contributed by atoms with Crippen LogP contribution in [0.2, 0.25) is 0 Å². The molecule has 2 aromatic heterocycles. The second kappa shape index (κ2) is 5.25. The molecule has 0 unspecified atom stereocenters. The minimum absolute atomic E-state index is 0.800. The molecular weight excluding hydrogens is 242 g/mol. The number of nitrogens with one attached hydrogen (secondary N) is 1. The molecule has 0 amide bonds. The summed E-state index contributed by atoms with van der Waals surface area (Å²) in [4.78, 5) is 8.68. The van der Waals surface area contributed by atoms with Crippen LogP contribution in [0, 0.1) is 0 Å².